The molecule has 4 atom stereocenters. The number of hydrogen-bond donors (Lipinski definition) is 2. The third-order valence-corrected chi connectivity index (χ3v) is 6.69. The number of carbonyl (C=O) groups is 2. The van der Waals surface area contributed by atoms with E-state index < -0.39 is 0 Å². The maximum Gasteiger partial charge on any atom is 0.290 e. The second kappa shape index (κ2) is 9.19. The lowest BCUT2D eigenvalue weighted by molar-refractivity contribution is -0.122. The van der Waals surface area contributed by atoms with Crippen LogP contribution in [0.15, 0.2) is 5.38 Å². The smallest absolute Gasteiger partial charge is 0.290 e. The van der Waals surface area contributed by atoms with E-state index in [0.29, 0.717) is 34.8 Å². The normalized spacial score (nSPS) is 29.2. The van der Waals surface area contributed by atoms with Gasteiger partial charge in [-0.15, -0.1) is 11.3 Å². The second-order valence-electron chi connectivity index (χ2n) is 8.22. The van der Waals surface area contributed by atoms with Crippen molar-refractivity contribution in [3.63, 3.8) is 0 Å². The molecule has 2 aliphatic carbocycles. The number of ether oxygens (including phenoxy) is 1. The molecule has 3 N–H and O–H groups in total. The second-order valence-corrected chi connectivity index (χ2v) is 9.11. The fourth-order valence-electron chi connectivity index (χ4n) is 4.37. The third kappa shape index (κ3) is 5.01. The van der Waals surface area contributed by atoms with Crippen molar-refractivity contribution < 1.29 is 19.4 Å². The fourth-order valence-corrected chi connectivity index (χ4v) is 4.91. The minimum atomic E-state index is -0.250. The number of rotatable bonds is 5. The molecule has 1 saturated heterocycles. The monoisotopic (exact) mass is 410 g/mol. The van der Waals surface area contributed by atoms with Gasteiger partial charge in [0.1, 0.15) is 5.69 Å². The Morgan fingerprint density at radius 1 is 1.39 bits per heavy atom. The van der Waals surface area contributed by atoms with E-state index in [1.165, 1.54) is 24.2 Å². The summed E-state index contributed by atoms with van der Waals surface area (Å²) in [6.07, 6.45) is 5.11. The average molecular weight is 411 g/mol. The van der Waals surface area contributed by atoms with Gasteiger partial charge >= 0.3 is 0 Å². The Hall–Kier alpha value is -1.71. The Morgan fingerprint density at radius 2 is 2.04 bits per heavy atom. The van der Waals surface area contributed by atoms with Crippen LogP contribution in [-0.4, -0.2) is 78.2 Å². The van der Waals surface area contributed by atoms with E-state index in [4.69, 9.17) is 20.4 Å². The van der Waals surface area contributed by atoms with Crippen molar-refractivity contribution in [1.29, 1.82) is 0 Å². The zero-order chi connectivity index (χ0) is 20.3. The predicted molar refractivity (Wildman–Crippen MR) is 107 cm³/mol. The number of nitrogens with zero attached hydrogens (tertiary/aromatic N) is 3. The Morgan fingerprint density at radius 3 is 2.57 bits per heavy atom. The molecule has 8 nitrogen and oxygen atoms in total. The highest BCUT2D eigenvalue weighted by atomic mass is 32.1. The fraction of sp³-hybridized carbons (Fsp3) is 0.737. The van der Waals surface area contributed by atoms with Crippen molar-refractivity contribution in [2.24, 2.45) is 17.8 Å². The Kier molecular flexibility index (Phi) is 6.90. The molecule has 0 bridgehead atoms. The molecule has 1 aromatic heterocycles. The van der Waals surface area contributed by atoms with Crippen LogP contribution in [0.3, 0.4) is 0 Å². The summed E-state index contributed by atoms with van der Waals surface area (Å²) in [6.45, 7) is 2.32. The summed E-state index contributed by atoms with van der Waals surface area (Å²) in [5, 5.41) is 9.12. The van der Waals surface area contributed by atoms with Crippen LogP contribution in [-0.2, 0) is 9.53 Å². The van der Waals surface area contributed by atoms with Crippen molar-refractivity contribution >= 4 is 28.8 Å². The van der Waals surface area contributed by atoms with Gasteiger partial charge in [0.05, 0.1) is 6.10 Å². The molecule has 3 fully saturated rings. The van der Waals surface area contributed by atoms with Gasteiger partial charge in [0.2, 0.25) is 0 Å². The molecule has 2 saturated carbocycles. The van der Waals surface area contributed by atoms with Gasteiger partial charge in [0, 0.05) is 31.1 Å². The SMILES string of the molecule is CN(C)[C@@H]1C[C@@H]2CN(C(=O)c3csc(N)n3)C[C@@H]2C[C@H]1OCC1CC1.O=CO. The van der Waals surface area contributed by atoms with Gasteiger partial charge in [0.15, 0.2) is 5.13 Å². The van der Waals surface area contributed by atoms with Crippen LogP contribution < -0.4 is 5.73 Å². The number of amides is 1. The first-order chi connectivity index (χ1) is 13.4. The lowest BCUT2D eigenvalue weighted by Gasteiger charge is -2.41. The largest absolute Gasteiger partial charge is 0.483 e. The number of hydrogen-bond acceptors (Lipinski definition) is 7. The van der Waals surface area contributed by atoms with Crippen LogP contribution in [0.25, 0.3) is 0 Å². The topological polar surface area (TPSA) is 109 Å². The van der Waals surface area contributed by atoms with Gasteiger partial charge in [-0.1, -0.05) is 0 Å². The maximum atomic E-state index is 12.7. The predicted octanol–water partition coefficient (Wildman–Crippen LogP) is 1.63. The Balaban J connectivity index is 0.000000706. The molecule has 156 valence electrons. The van der Waals surface area contributed by atoms with Crippen molar-refractivity contribution in [1.82, 2.24) is 14.8 Å². The molecule has 9 heteroatoms. The Labute approximate surface area is 169 Å². The zero-order valence-corrected chi connectivity index (χ0v) is 17.3. The van der Waals surface area contributed by atoms with Crippen LogP contribution in [0, 0.1) is 17.8 Å². The Bertz CT molecular complexity index is 679. The first-order valence-corrected chi connectivity index (χ1v) is 10.7. The molecule has 3 aliphatic rings. The highest BCUT2D eigenvalue weighted by molar-refractivity contribution is 7.13. The zero-order valence-electron chi connectivity index (χ0n) is 16.5. The number of likely N-dealkylation sites (tertiary alicyclic amines) is 1. The third-order valence-electron chi connectivity index (χ3n) is 6.02. The van der Waals surface area contributed by atoms with Crippen molar-refractivity contribution in [3.05, 3.63) is 11.1 Å². The van der Waals surface area contributed by atoms with Crippen LogP contribution in [0.1, 0.15) is 36.2 Å². The molecular weight excluding hydrogens is 380 g/mol. The van der Waals surface area contributed by atoms with Crippen LogP contribution in [0.4, 0.5) is 5.13 Å². The molecule has 0 aromatic carbocycles. The van der Waals surface area contributed by atoms with Crippen LogP contribution in [0.5, 0.6) is 0 Å². The molecule has 4 rings (SSSR count). The molecule has 0 radical (unpaired) electrons. The maximum absolute atomic E-state index is 12.7. The van der Waals surface area contributed by atoms with Gasteiger partial charge in [-0.05, 0) is 57.5 Å². The number of thiazole rings is 1. The minimum Gasteiger partial charge on any atom is -0.483 e. The average Bonchev–Trinajstić information content (AvgIpc) is 3.23. The van der Waals surface area contributed by atoms with E-state index >= 15 is 0 Å². The number of carbonyl (C=O) groups excluding carboxylic acids is 1. The van der Waals surface area contributed by atoms with Gasteiger partial charge in [-0.3, -0.25) is 9.59 Å². The number of nitrogen functional groups attached to an aromatic ring is 1. The van der Waals surface area contributed by atoms with Crippen LogP contribution >= 0.6 is 11.3 Å². The van der Waals surface area contributed by atoms with E-state index in [1.807, 2.05) is 4.90 Å². The molecule has 1 aliphatic heterocycles. The standard InChI is InChI=1S/C18H28N4O2S.CH2O2/c1-21(2)15-5-12-7-22(17(23)14-10-25-18(19)20-14)8-13(12)6-16(15)24-9-11-3-4-11;2-1-3/h10-13,15-16H,3-9H2,1-2H3,(H2,19,20);1H,(H,2,3)/t12-,13+,15-,16-;/m1./s1. The van der Waals surface area contributed by atoms with E-state index in [2.05, 4.69) is 24.0 Å². The number of likely N-dealkylation sites (N-methyl/N-ethyl adjacent to an activating group) is 1. The van der Waals surface area contributed by atoms with E-state index in [-0.39, 0.29) is 12.4 Å². The summed E-state index contributed by atoms with van der Waals surface area (Å²) < 4.78 is 6.30. The summed E-state index contributed by atoms with van der Waals surface area (Å²) >= 11 is 1.33. The molecule has 1 aromatic rings. The number of anilines is 1. The molecule has 1 amide bonds. The van der Waals surface area contributed by atoms with Crippen molar-refractivity contribution in [3.8, 4) is 0 Å². The van der Waals surface area contributed by atoms with Gasteiger partial charge in [-0.25, -0.2) is 4.98 Å². The minimum absolute atomic E-state index is 0.0270. The van der Waals surface area contributed by atoms with Gasteiger partial charge in [-0.2, -0.15) is 0 Å². The summed E-state index contributed by atoms with van der Waals surface area (Å²) in [5.74, 6) is 1.92. The summed E-state index contributed by atoms with van der Waals surface area (Å²) in [7, 11) is 4.29. The van der Waals surface area contributed by atoms with Crippen molar-refractivity contribution in [2.75, 3.05) is 39.5 Å². The molecule has 2 heterocycles. The van der Waals surface area contributed by atoms with E-state index in [0.717, 1.165) is 38.5 Å². The van der Waals surface area contributed by atoms with E-state index in [9.17, 15) is 4.79 Å². The first kappa shape index (κ1) is 21.0. The van der Waals surface area contributed by atoms with Gasteiger partial charge < -0.3 is 25.4 Å². The lowest BCUT2D eigenvalue weighted by Crippen LogP contribution is -2.48. The lowest BCUT2D eigenvalue weighted by atomic mass is 9.77. The number of carboxylic acid groups (broad SMARTS) is 1. The number of nitrogens with two attached hydrogens (primary N) is 1. The highest BCUT2D eigenvalue weighted by Crippen LogP contribution is 2.40. The number of fused-ring (bicyclic) bond motifs is 1. The molecule has 28 heavy (non-hydrogen) atoms. The quantitative estimate of drug-likeness (QED) is 0.710. The van der Waals surface area contributed by atoms with E-state index in [1.54, 1.807) is 5.38 Å². The highest BCUT2D eigenvalue weighted by Gasteiger charge is 2.45. The summed E-state index contributed by atoms with van der Waals surface area (Å²) in [4.78, 5) is 29.5. The molecule has 0 unspecified atom stereocenters. The van der Waals surface area contributed by atoms with Crippen molar-refractivity contribution in [2.45, 2.75) is 37.8 Å². The summed E-state index contributed by atoms with van der Waals surface area (Å²) in [6, 6.07) is 0.449. The van der Waals surface area contributed by atoms with Crippen LogP contribution in [0.2, 0.25) is 0 Å². The first-order valence-electron chi connectivity index (χ1n) is 9.79. The van der Waals surface area contributed by atoms with Gasteiger partial charge in [0.25, 0.3) is 12.4 Å². The molecular formula is C19H30N4O4S. The number of aromatic nitrogens is 1. The molecule has 0 spiro atoms. The summed E-state index contributed by atoms with van der Waals surface area (Å²) in [5.41, 5.74) is 6.17.